The van der Waals surface area contributed by atoms with Crippen molar-refractivity contribution in [3.05, 3.63) is 69.1 Å². The van der Waals surface area contributed by atoms with Gasteiger partial charge in [0.2, 0.25) is 0 Å². The van der Waals surface area contributed by atoms with Crippen molar-refractivity contribution in [1.29, 1.82) is 0 Å². The van der Waals surface area contributed by atoms with E-state index in [4.69, 9.17) is 0 Å². The van der Waals surface area contributed by atoms with Crippen molar-refractivity contribution >= 4 is 5.91 Å². The summed E-state index contributed by atoms with van der Waals surface area (Å²) >= 11 is 0. The van der Waals surface area contributed by atoms with Gasteiger partial charge in [-0.2, -0.15) is 0 Å². The maximum Gasteiger partial charge on any atom is 0.263 e. The Hall–Kier alpha value is -2.36. The van der Waals surface area contributed by atoms with E-state index in [1.165, 1.54) is 11.1 Å². The van der Waals surface area contributed by atoms with Crippen LogP contribution in [0.3, 0.4) is 0 Å². The molecule has 24 heavy (non-hydrogen) atoms. The number of amides is 1. The molecule has 1 aliphatic carbocycles. The molecule has 4 nitrogen and oxygen atoms in total. The number of nitrogens with one attached hydrogen (secondary N) is 1. The van der Waals surface area contributed by atoms with Gasteiger partial charge in [0.1, 0.15) is 5.56 Å². The third-order valence-corrected chi connectivity index (χ3v) is 4.98. The number of pyridine rings is 1. The molecule has 1 aromatic carbocycles. The van der Waals surface area contributed by atoms with Crippen LogP contribution in [-0.4, -0.2) is 16.0 Å². The van der Waals surface area contributed by atoms with Crippen molar-refractivity contribution in [3.8, 4) is 0 Å². The van der Waals surface area contributed by atoms with E-state index in [2.05, 4.69) is 24.4 Å². The Kier molecular flexibility index (Phi) is 4.31. The molecule has 1 saturated carbocycles. The molecule has 0 aliphatic heterocycles. The lowest BCUT2D eigenvalue weighted by atomic mass is 9.99. The van der Waals surface area contributed by atoms with Crippen molar-refractivity contribution < 1.29 is 4.79 Å². The number of hydrogen-bond donors (Lipinski definition) is 1. The van der Waals surface area contributed by atoms with E-state index in [9.17, 15) is 9.59 Å². The molecule has 2 aromatic rings. The Morgan fingerprint density at radius 2 is 1.88 bits per heavy atom. The van der Waals surface area contributed by atoms with Crippen LogP contribution in [0.5, 0.6) is 0 Å². The second kappa shape index (κ2) is 6.27. The summed E-state index contributed by atoms with van der Waals surface area (Å²) in [6, 6.07) is 11.7. The molecule has 1 aromatic heterocycles. The van der Waals surface area contributed by atoms with Crippen molar-refractivity contribution in [2.75, 3.05) is 0 Å². The molecule has 4 heteroatoms. The number of carbonyl (C=O) groups is 1. The normalized spacial score (nSPS) is 15.1. The monoisotopic (exact) mass is 324 g/mol. The zero-order chi connectivity index (χ0) is 17.3. The quantitative estimate of drug-likeness (QED) is 0.919. The first-order valence-electron chi connectivity index (χ1n) is 8.53. The molecule has 0 spiro atoms. The molecule has 0 unspecified atom stereocenters. The van der Waals surface area contributed by atoms with Crippen LogP contribution in [-0.2, 0) is 13.0 Å². The highest BCUT2D eigenvalue weighted by Gasteiger charge is 2.44. The van der Waals surface area contributed by atoms with Gasteiger partial charge in [-0.3, -0.25) is 9.59 Å². The summed E-state index contributed by atoms with van der Waals surface area (Å²) in [5.74, 6) is -0.256. The van der Waals surface area contributed by atoms with E-state index in [0.717, 1.165) is 25.0 Å². The highest BCUT2D eigenvalue weighted by atomic mass is 16.2. The fourth-order valence-electron chi connectivity index (χ4n) is 3.21. The van der Waals surface area contributed by atoms with E-state index in [1.807, 2.05) is 32.0 Å². The van der Waals surface area contributed by atoms with Gasteiger partial charge in [0.05, 0.1) is 0 Å². The minimum atomic E-state index is -0.256. The molecule has 1 aliphatic rings. The predicted octanol–water partition coefficient (Wildman–Crippen LogP) is 2.99. The SMILES string of the molecule is CCn1c(C)ccc(C(=O)NC2(Cc3ccccc3C)CC2)c1=O. The molecule has 1 N–H and O–H groups in total. The number of nitrogens with zero attached hydrogens (tertiary/aromatic N) is 1. The van der Waals surface area contributed by atoms with E-state index in [0.29, 0.717) is 6.54 Å². The smallest absolute Gasteiger partial charge is 0.263 e. The second-order valence-corrected chi connectivity index (χ2v) is 6.78. The summed E-state index contributed by atoms with van der Waals surface area (Å²) in [7, 11) is 0. The highest BCUT2D eigenvalue weighted by molar-refractivity contribution is 5.94. The van der Waals surface area contributed by atoms with Gasteiger partial charge in [-0.1, -0.05) is 24.3 Å². The minimum absolute atomic E-state index is 0.197. The molecule has 3 rings (SSSR count). The molecular weight excluding hydrogens is 300 g/mol. The van der Waals surface area contributed by atoms with Crippen molar-refractivity contribution in [1.82, 2.24) is 9.88 Å². The number of benzene rings is 1. The van der Waals surface area contributed by atoms with E-state index >= 15 is 0 Å². The van der Waals surface area contributed by atoms with Gasteiger partial charge < -0.3 is 9.88 Å². The molecule has 1 heterocycles. The van der Waals surface area contributed by atoms with Gasteiger partial charge in [0.25, 0.3) is 11.5 Å². The van der Waals surface area contributed by atoms with Crippen LogP contribution in [0.15, 0.2) is 41.2 Å². The average molecular weight is 324 g/mol. The summed E-state index contributed by atoms with van der Waals surface area (Å²) in [5, 5.41) is 3.12. The van der Waals surface area contributed by atoms with Crippen LogP contribution in [0.2, 0.25) is 0 Å². The maximum atomic E-state index is 12.7. The first-order chi connectivity index (χ1) is 11.5. The van der Waals surface area contributed by atoms with Gasteiger partial charge in [-0.25, -0.2) is 0 Å². The van der Waals surface area contributed by atoms with Crippen LogP contribution in [0.25, 0.3) is 0 Å². The van der Waals surface area contributed by atoms with Crippen LogP contribution in [0, 0.1) is 13.8 Å². The summed E-state index contributed by atoms with van der Waals surface area (Å²) in [4.78, 5) is 25.1. The fourth-order valence-corrected chi connectivity index (χ4v) is 3.21. The number of hydrogen-bond acceptors (Lipinski definition) is 2. The number of aromatic nitrogens is 1. The maximum absolute atomic E-state index is 12.7. The topological polar surface area (TPSA) is 51.1 Å². The third-order valence-electron chi connectivity index (χ3n) is 4.98. The Bertz CT molecular complexity index is 832. The molecule has 0 radical (unpaired) electrons. The Labute approximate surface area is 142 Å². The highest BCUT2D eigenvalue weighted by Crippen LogP contribution is 2.39. The Morgan fingerprint density at radius 3 is 2.50 bits per heavy atom. The second-order valence-electron chi connectivity index (χ2n) is 6.78. The lowest BCUT2D eigenvalue weighted by molar-refractivity contribution is 0.0929. The minimum Gasteiger partial charge on any atom is -0.346 e. The Balaban J connectivity index is 1.80. The molecule has 0 atom stereocenters. The summed E-state index contributed by atoms with van der Waals surface area (Å²) in [6.45, 7) is 6.46. The van der Waals surface area contributed by atoms with Crippen LogP contribution < -0.4 is 10.9 Å². The van der Waals surface area contributed by atoms with E-state index in [-0.39, 0.29) is 22.6 Å². The van der Waals surface area contributed by atoms with Gasteiger partial charge in [-0.05, 0) is 63.3 Å². The molecule has 1 fully saturated rings. The van der Waals surface area contributed by atoms with Crippen LogP contribution in [0.4, 0.5) is 0 Å². The third kappa shape index (κ3) is 3.14. The first kappa shape index (κ1) is 16.5. The summed E-state index contributed by atoms with van der Waals surface area (Å²) in [6.07, 6.45) is 2.74. The lowest BCUT2D eigenvalue weighted by Gasteiger charge is -2.19. The van der Waals surface area contributed by atoms with Crippen molar-refractivity contribution in [2.45, 2.75) is 52.1 Å². The molecular formula is C20H24N2O2. The molecule has 0 saturated heterocycles. The lowest BCUT2D eigenvalue weighted by Crippen LogP contribution is -2.42. The molecule has 1 amide bonds. The van der Waals surface area contributed by atoms with Gasteiger partial charge >= 0.3 is 0 Å². The van der Waals surface area contributed by atoms with Crippen molar-refractivity contribution in [2.24, 2.45) is 0 Å². The fraction of sp³-hybridized carbons (Fsp3) is 0.400. The van der Waals surface area contributed by atoms with E-state index < -0.39 is 0 Å². The number of aryl methyl sites for hydroxylation is 2. The average Bonchev–Trinajstić information content (AvgIpc) is 3.29. The summed E-state index contributed by atoms with van der Waals surface area (Å²) in [5.41, 5.74) is 3.20. The zero-order valence-electron chi connectivity index (χ0n) is 14.6. The predicted molar refractivity (Wildman–Crippen MR) is 95.4 cm³/mol. The van der Waals surface area contributed by atoms with Gasteiger partial charge in [0.15, 0.2) is 0 Å². The number of carbonyl (C=O) groups excluding carboxylic acids is 1. The zero-order valence-corrected chi connectivity index (χ0v) is 14.6. The van der Waals surface area contributed by atoms with E-state index in [1.54, 1.807) is 10.6 Å². The molecule has 126 valence electrons. The van der Waals surface area contributed by atoms with Crippen molar-refractivity contribution in [3.63, 3.8) is 0 Å². The molecule has 0 bridgehead atoms. The Morgan fingerprint density at radius 1 is 1.17 bits per heavy atom. The van der Waals surface area contributed by atoms with Crippen LogP contribution in [0.1, 0.15) is 46.9 Å². The largest absolute Gasteiger partial charge is 0.346 e. The van der Waals surface area contributed by atoms with Crippen LogP contribution >= 0.6 is 0 Å². The van der Waals surface area contributed by atoms with Gasteiger partial charge in [0, 0.05) is 17.8 Å². The standard InChI is InChI=1S/C20H24N2O2/c1-4-22-15(3)9-10-17(19(22)24)18(23)21-20(11-12-20)13-16-8-6-5-7-14(16)2/h5-10H,4,11-13H2,1-3H3,(H,21,23). The summed E-state index contributed by atoms with van der Waals surface area (Å²) < 4.78 is 1.63. The first-order valence-corrected chi connectivity index (χ1v) is 8.53. The number of rotatable bonds is 5. The van der Waals surface area contributed by atoms with Gasteiger partial charge in [-0.15, -0.1) is 0 Å².